The van der Waals surface area contributed by atoms with E-state index in [0.717, 1.165) is 9.04 Å². The largest absolute Gasteiger partial charge is 0.348 e. The lowest BCUT2D eigenvalue weighted by Gasteiger charge is -2.16. The molecule has 9 heteroatoms. The van der Waals surface area contributed by atoms with E-state index < -0.39 is 17.0 Å². The van der Waals surface area contributed by atoms with Gasteiger partial charge in [0.1, 0.15) is 5.56 Å². The number of nitrogens with one attached hydrogen (secondary N) is 1. The summed E-state index contributed by atoms with van der Waals surface area (Å²) in [6.45, 7) is 0.150. The molecule has 0 fully saturated rings. The second-order valence-electron chi connectivity index (χ2n) is 6.13. The fraction of sp³-hybridized carbons (Fsp3) is 0.158. The lowest BCUT2D eigenvalue weighted by molar-refractivity contribution is 0.103. The van der Waals surface area contributed by atoms with Crippen LogP contribution in [-0.2, 0) is 20.6 Å². The second kappa shape index (κ2) is 8.66. The minimum absolute atomic E-state index is 0. The van der Waals surface area contributed by atoms with Gasteiger partial charge in [-0.05, 0) is 24.3 Å². The lowest BCUT2D eigenvalue weighted by atomic mass is 10.0. The Balaban J connectivity index is 0.00000280. The highest BCUT2D eigenvalue weighted by atomic mass is 79.9. The number of hydrogen-bond acceptors (Lipinski definition) is 4. The summed E-state index contributed by atoms with van der Waals surface area (Å²) >= 11 is 3.33. The Bertz CT molecular complexity index is 1200. The number of nitrogens with zero attached hydrogens (tertiary/aromatic N) is 3. The quantitative estimate of drug-likeness (QED) is 0.545. The maximum Gasteiger partial charge on any atom is 0.330 e. The standard InChI is InChI=1S/C19H17BrN4O3.BrH/c1-22-15(11-24-8-6-14(21)7-9-24)16(18(26)23(2)19(22)27)17(25)12-4-3-5-13(20)10-12;/h3-10,21H,11H2,1-2H3;1H. The Kier molecular flexibility index (Phi) is 6.73. The predicted molar refractivity (Wildman–Crippen MR) is 114 cm³/mol. The first kappa shape index (κ1) is 21.8. The van der Waals surface area contributed by atoms with Crippen LogP contribution in [0.5, 0.6) is 0 Å². The van der Waals surface area contributed by atoms with Gasteiger partial charge in [-0.1, -0.05) is 28.1 Å². The van der Waals surface area contributed by atoms with Gasteiger partial charge in [0, 0.05) is 36.5 Å². The first-order chi connectivity index (χ1) is 12.8. The monoisotopic (exact) mass is 508 g/mol. The van der Waals surface area contributed by atoms with Gasteiger partial charge in [0.25, 0.3) is 5.56 Å². The molecule has 0 aliphatic carbocycles. The zero-order valence-corrected chi connectivity index (χ0v) is 18.5. The third kappa shape index (κ3) is 4.15. The van der Waals surface area contributed by atoms with E-state index in [4.69, 9.17) is 5.41 Å². The SMILES string of the molecule is Br.Cn1c(Cn2ccc(=N)cc2)c(C(=O)c2cccc(Br)c2)c(=O)n(C)c1=O. The molecule has 0 bridgehead atoms. The molecule has 0 saturated heterocycles. The fourth-order valence-electron chi connectivity index (χ4n) is 2.81. The molecule has 3 aromatic rings. The highest BCUT2D eigenvalue weighted by Crippen LogP contribution is 2.16. The summed E-state index contributed by atoms with van der Waals surface area (Å²) in [7, 11) is 2.89. The van der Waals surface area contributed by atoms with Crippen LogP contribution in [0.2, 0.25) is 0 Å². The van der Waals surface area contributed by atoms with Crippen LogP contribution in [0.4, 0.5) is 0 Å². The van der Waals surface area contributed by atoms with E-state index in [1.165, 1.54) is 18.7 Å². The molecule has 0 unspecified atom stereocenters. The second-order valence-corrected chi connectivity index (χ2v) is 7.04. The summed E-state index contributed by atoms with van der Waals surface area (Å²) in [6.07, 6.45) is 3.33. The molecule has 0 aliphatic rings. The first-order valence-corrected chi connectivity index (χ1v) is 8.88. The van der Waals surface area contributed by atoms with Crippen LogP contribution in [0.25, 0.3) is 0 Å². The van der Waals surface area contributed by atoms with Gasteiger partial charge in [0.05, 0.1) is 17.6 Å². The van der Waals surface area contributed by atoms with Crippen LogP contribution in [0.15, 0.2) is 62.9 Å². The third-order valence-electron chi connectivity index (χ3n) is 4.32. The third-order valence-corrected chi connectivity index (χ3v) is 4.82. The summed E-state index contributed by atoms with van der Waals surface area (Å²) < 4.78 is 4.68. The maximum absolute atomic E-state index is 13.1. The molecular formula is C19H18Br2N4O3. The normalized spacial score (nSPS) is 10.4. The van der Waals surface area contributed by atoms with Crippen LogP contribution in [0, 0.1) is 5.41 Å². The number of aromatic nitrogens is 3. The Morgan fingerprint density at radius 1 is 1.07 bits per heavy atom. The van der Waals surface area contributed by atoms with Crippen LogP contribution < -0.4 is 16.6 Å². The molecule has 28 heavy (non-hydrogen) atoms. The molecule has 0 amide bonds. The Morgan fingerprint density at radius 3 is 2.32 bits per heavy atom. The van der Waals surface area contributed by atoms with E-state index in [0.29, 0.717) is 16.6 Å². The van der Waals surface area contributed by atoms with Crippen LogP contribution in [0.3, 0.4) is 0 Å². The summed E-state index contributed by atoms with van der Waals surface area (Å²) in [5.74, 6) is -0.444. The van der Waals surface area contributed by atoms with E-state index in [1.807, 2.05) is 0 Å². The van der Waals surface area contributed by atoms with Gasteiger partial charge in [-0.15, -0.1) is 17.0 Å². The lowest BCUT2D eigenvalue weighted by Crippen LogP contribution is -2.43. The Hall–Kier alpha value is -2.52. The highest BCUT2D eigenvalue weighted by Gasteiger charge is 2.23. The van der Waals surface area contributed by atoms with E-state index in [9.17, 15) is 14.4 Å². The number of rotatable bonds is 4. The van der Waals surface area contributed by atoms with E-state index in [1.54, 1.807) is 53.4 Å². The molecule has 2 aromatic heterocycles. The molecular weight excluding hydrogens is 492 g/mol. The van der Waals surface area contributed by atoms with Gasteiger partial charge in [0.2, 0.25) is 0 Å². The van der Waals surface area contributed by atoms with Crippen LogP contribution in [0.1, 0.15) is 21.6 Å². The number of halogens is 2. The fourth-order valence-corrected chi connectivity index (χ4v) is 3.21. The molecule has 7 nitrogen and oxygen atoms in total. The van der Waals surface area contributed by atoms with Crippen molar-refractivity contribution in [3.63, 3.8) is 0 Å². The molecule has 0 radical (unpaired) electrons. The van der Waals surface area contributed by atoms with E-state index >= 15 is 0 Å². The van der Waals surface area contributed by atoms with E-state index in [-0.39, 0.29) is 29.1 Å². The van der Waals surface area contributed by atoms with Gasteiger partial charge in [-0.25, -0.2) is 4.79 Å². The Morgan fingerprint density at radius 2 is 1.71 bits per heavy atom. The van der Waals surface area contributed by atoms with Gasteiger partial charge in [0.15, 0.2) is 5.78 Å². The minimum Gasteiger partial charge on any atom is -0.348 e. The predicted octanol–water partition coefficient (Wildman–Crippen LogP) is 1.98. The Labute approximate surface area is 179 Å². The van der Waals surface area contributed by atoms with Crippen LogP contribution >= 0.6 is 32.9 Å². The van der Waals surface area contributed by atoms with Gasteiger partial charge in [-0.2, -0.15) is 0 Å². The van der Waals surface area contributed by atoms with Crippen molar-refractivity contribution in [3.8, 4) is 0 Å². The molecule has 0 atom stereocenters. The van der Waals surface area contributed by atoms with Crippen molar-refractivity contribution in [3.05, 3.63) is 96.3 Å². The van der Waals surface area contributed by atoms with Crippen molar-refractivity contribution in [2.24, 2.45) is 14.1 Å². The first-order valence-electron chi connectivity index (χ1n) is 8.09. The van der Waals surface area contributed by atoms with Crippen molar-refractivity contribution in [2.75, 3.05) is 0 Å². The van der Waals surface area contributed by atoms with E-state index in [2.05, 4.69) is 15.9 Å². The van der Waals surface area contributed by atoms with Gasteiger partial charge in [-0.3, -0.25) is 18.7 Å². The van der Waals surface area contributed by atoms with Crippen LogP contribution in [-0.4, -0.2) is 19.5 Å². The number of hydrogen-bond donors (Lipinski definition) is 1. The molecule has 2 heterocycles. The summed E-state index contributed by atoms with van der Waals surface area (Å²) in [5.41, 5.74) is -0.502. The summed E-state index contributed by atoms with van der Waals surface area (Å²) in [5, 5.41) is 7.91. The molecule has 1 N–H and O–H groups in total. The number of carbonyl (C=O) groups excluding carboxylic acids is 1. The molecule has 0 saturated carbocycles. The number of pyridine rings is 1. The van der Waals surface area contributed by atoms with Crippen molar-refractivity contribution >= 4 is 38.7 Å². The summed E-state index contributed by atoms with van der Waals surface area (Å²) in [6, 6.07) is 9.95. The average Bonchev–Trinajstić information content (AvgIpc) is 2.66. The smallest absolute Gasteiger partial charge is 0.330 e. The number of ketones is 1. The molecule has 1 aromatic carbocycles. The van der Waals surface area contributed by atoms with Gasteiger partial charge < -0.3 is 9.98 Å². The zero-order chi connectivity index (χ0) is 19.7. The van der Waals surface area contributed by atoms with Gasteiger partial charge >= 0.3 is 5.69 Å². The van der Waals surface area contributed by atoms with Crippen molar-refractivity contribution in [1.29, 1.82) is 5.41 Å². The number of carbonyl (C=O) groups is 1. The average molecular weight is 510 g/mol. The number of benzene rings is 1. The zero-order valence-electron chi connectivity index (χ0n) is 15.2. The maximum atomic E-state index is 13.1. The van der Waals surface area contributed by atoms with Crippen molar-refractivity contribution in [1.82, 2.24) is 13.7 Å². The topological polar surface area (TPSA) is 89.8 Å². The molecule has 3 rings (SSSR count). The van der Waals surface area contributed by atoms with Crippen molar-refractivity contribution < 1.29 is 4.79 Å². The molecule has 0 aliphatic heterocycles. The van der Waals surface area contributed by atoms with Crippen molar-refractivity contribution in [2.45, 2.75) is 6.54 Å². The molecule has 0 spiro atoms. The summed E-state index contributed by atoms with van der Waals surface area (Å²) in [4.78, 5) is 38.3. The molecule has 146 valence electrons. The highest BCUT2D eigenvalue weighted by molar-refractivity contribution is 9.10. The minimum atomic E-state index is -0.629.